The van der Waals surface area contributed by atoms with Crippen molar-refractivity contribution in [1.29, 1.82) is 0 Å². The zero-order valence-corrected chi connectivity index (χ0v) is 17.0. The molecule has 1 heterocycles. The monoisotopic (exact) mass is 368 g/mol. The van der Waals surface area contributed by atoms with Crippen LogP contribution in [0, 0.1) is 5.41 Å². The van der Waals surface area contributed by atoms with Gasteiger partial charge in [0.1, 0.15) is 5.60 Å². The smallest absolute Gasteiger partial charge is 0.410 e. The highest BCUT2D eigenvalue weighted by molar-refractivity contribution is 5.78. The number of anilines is 1. The van der Waals surface area contributed by atoms with Crippen molar-refractivity contribution in [2.24, 2.45) is 5.41 Å². The van der Waals surface area contributed by atoms with Gasteiger partial charge < -0.3 is 14.5 Å². The van der Waals surface area contributed by atoms with E-state index in [1.807, 2.05) is 25.7 Å². The summed E-state index contributed by atoms with van der Waals surface area (Å²) in [7, 11) is 0. The normalized spacial score (nSPS) is 21.8. The lowest BCUT2D eigenvalue weighted by Gasteiger charge is -2.38. The Morgan fingerprint density at radius 1 is 1.04 bits per heavy atom. The molecule has 1 saturated heterocycles. The van der Waals surface area contributed by atoms with Crippen molar-refractivity contribution in [3.8, 4) is 0 Å². The maximum Gasteiger partial charge on any atom is 0.410 e. The number of amides is 1. The number of carbonyl (C=O) groups excluding carboxylic acids is 1. The lowest BCUT2D eigenvalue weighted by atomic mass is 9.84. The van der Waals surface area contributed by atoms with Crippen LogP contribution in [0.25, 0.3) is 5.57 Å². The first-order valence-electron chi connectivity index (χ1n) is 10.4. The largest absolute Gasteiger partial charge is 0.444 e. The average molecular weight is 369 g/mol. The minimum atomic E-state index is -0.437. The van der Waals surface area contributed by atoms with E-state index in [0.717, 1.165) is 13.1 Å². The minimum absolute atomic E-state index is 0.194. The molecule has 0 atom stereocenters. The van der Waals surface area contributed by atoms with Gasteiger partial charge in [0, 0.05) is 37.4 Å². The number of hydrogen-bond donors (Lipinski definition) is 0. The fraction of sp³-hybridized carbons (Fsp3) is 0.609. The molecule has 0 bridgehead atoms. The average Bonchev–Trinajstić information content (AvgIpc) is 3.40. The lowest BCUT2D eigenvalue weighted by Crippen LogP contribution is -2.50. The number of hydrogen-bond acceptors (Lipinski definition) is 3. The van der Waals surface area contributed by atoms with Gasteiger partial charge in [-0.3, -0.25) is 0 Å². The minimum Gasteiger partial charge on any atom is -0.444 e. The standard InChI is InChI=1S/C23H32N2O2/c1-22(2,3)27-21(26)25-16-14-24(15-17-25)20-7-5-4-6-19(20)18-8-10-23(11-9-18)12-13-23/h4-8H,9-17H2,1-3H3. The molecule has 0 N–H and O–H groups in total. The van der Waals surface area contributed by atoms with Crippen LogP contribution >= 0.6 is 0 Å². The third-order valence-electron chi connectivity index (χ3n) is 6.19. The van der Waals surface area contributed by atoms with Crippen LogP contribution in [0.4, 0.5) is 10.5 Å². The Labute approximate surface area is 163 Å². The molecular weight excluding hydrogens is 336 g/mol. The zero-order valence-electron chi connectivity index (χ0n) is 17.0. The van der Waals surface area contributed by atoms with Gasteiger partial charge in [0.2, 0.25) is 0 Å². The predicted octanol–water partition coefficient (Wildman–Crippen LogP) is 5.09. The summed E-state index contributed by atoms with van der Waals surface area (Å²) in [4.78, 5) is 16.6. The molecule has 1 aromatic rings. The highest BCUT2D eigenvalue weighted by Gasteiger charge is 2.42. The van der Waals surface area contributed by atoms with E-state index in [0.29, 0.717) is 18.5 Å². The molecule has 2 aliphatic carbocycles. The van der Waals surface area contributed by atoms with Crippen LogP contribution in [0.2, 0.25) is 0 Å². The van der Waals surface area contributed by atoms with Crippen molar-refractivity contribution in [3.63, 3.8) is 0 Å². The Morgan fingerprint density at radius 2 is 1.74 bits per heavy atom. The van der Waals surface area contributed by atoms with E-state index in [9.17, 15) is 4.79 Å². The summed E-state index contributed by atoms with van der Waals surface area (Å²) in [6.45, 7) is 8.89. The second-order valence-corrected chi connectivity index (χ2v) is 9.41. The number of carbonyl (C=O) groups is 1. The molecule has 1 aliphatic heterocycles. The van der Waals surface area contributed by atoms with Gasteiger partial charge in [-0.05, 0) is 69.9 Å². The second-order valence-electron chi connectivity index (χ2n) is 9.41. The number of benzene rings is 1. The van der Waals surface area contributed by atoms with Gasteiger partial charge in [-0.25, -0.2) is 4.79 Å². The molecule has 27 heavy (non-hydrogen) atoms. The summed E-state index contributed by atoms with van der Waals surface area (Å²) in [5.41, 5.74) is 4.45. The van der Waals surface area contributed by atoms with E-state index < -0.39 is 5.60 Å². The number of ether oxygens (including phenoxy) is 1. The molecule has 0 radical (unpaired) electrons. The van der Waals surface area contributed by atoms with E-state index in [-0.39, 0.29) is 6.09 Å². The third kappa shape index (κ3) is 4.15. The summed E-state index contributed by atoms with van der Waals surface area (Å²) >= 11 is 0. The molecule has 0 unspecified atom stereocenters. The summed E-state index contributed by atoms with van der Waals surface area (Å²) in [5.74, 6) is 0. The maximum atomic E-state index is 12.3. The van der Waals surface area contributed by atoms with Gasteiger partial charge in [-0.2, -0.15) is 0 Å². The Hall–Kier alpha value is -1.97. The Balaban J connectivity index is 1.43. The number of allylic oxidation sites excluding steroid dienone is 2. The molecule has 1 spiro atoms. The molecule has 4 rings (SSSR count). The van der Waals surface area contributed by atoms with Crippen molar-refractivity contribution < 1.29 is 9.53 Å². The first kappa shape index (κ1) is 18.4. The number of para-hydroxylation sites is 1. The number of nitrogens with zero attached hydrogens (tertiary/aromatic N) is 2. The second kappa shape index (κ2) is 6.88. The molecular formula is C23H32N2O2. The summed E-state index contributed by atoms with van der Waals surface area (Å²) in [5, 5.41) is 0. The SMILES string of the molecule is CC(C)(C)OC(=O)N1CCN(c2ccccc2C2=CCC3(CC2)CC3)CC1. The zero-order chi connectivity index (χ0) is 19.1. The van der Waals surface area contributed by atoms with Gasteiger partial charge in [0.25, 0.3) is 0 Å². The molecule has 4 nitrogen and oxygen atoms in total. The van der Waals surface area contributed by atoms with E-state index >= 15 is 0 Å². The highest BCUT2D eigenvalue weighted by Crippen LogP contribution is 2.56. The molecule has 0 aromatic heterocycles. The third-order valence-corrected chi connectivity index (χ3v) is 6.19. The fourth-order valence-corrected chi connectivity index (χ4v) is 4.30. The first-order valence-corrected chi connectivity index (χ1v) is 10.4. The Morgan fingerprint density at radius 3 is 2.33 bits per heavy atom. The van der Waals surface area contributed by atoms with Gasteiger partial charge in [0.05, 0.1) is 0 Å². The maximum absolute atomic E-state index is 12.3. The lowest BCUT2D eigenvalue weighted by molar-refractivity contribution is 0.0240. The Bertz CT molecular complexity index is 735. The summed E-state index contributed by atoms with van der Waals surface area (Å²) < 4.78 is 5.52. The highest BCUT2D eigenvalue weighted by atomic mass is 16.6. The number of rotatable bonds is 2. The van der Waals surface area contributed by atoms with Gasteiger partial charge in [0.15, 0.2) is 0 Å². The van der Waals surface area contributed by atoms with E-state index in [1.54, 1.807) is 0 Å². The van der Waals surface area contributed by atoms with Gasteiger partial charge >= 0.3 is 6.09 Å². The van der Waals surface area contributed by atoms with Crippen molar-refractivity contribution in [3.05, 3.63) is 35.9 Å². The molecule has 1 aromatic carbocycles. The molecule has 2 fully saturated rings. The topological polar surface area (TPSA) is 32.8 Å². The predicted molar refractivity (Wildman–Crippen MR) is 110 cm³/mol. The van der Waals surface area contributed by atoms with E-state index in [2.05, 4.69) is 35.2 Å². The molecule has 3 aliphatic rings. The van der Waals surface area contributed by atoms with Crippen molar-refractivity contribution in [1.82, 2.24) is 4.90 Å². The fourth-order valence-electron chi connectivity index (χ4n) is 4.30. The molecule has 146 valence electrons. The van der Waals surface area contributed by atoms with Gasteiger partial charge in [-0.15, -0.1) is 0 Å². The molecule has 1 amide bonds. The summed E-state index contributed by atoms with van der Waals surface area (Å²) in [6, 6.07) is 8.79. The van der Waals surface area contributed by atoms with Crippen LogP contribution in [-0.2, 0) is 4.74 Å². The van der Waals surface area contributed by atoms with E-state index in [1.165, 1.54) is 48.9 Å². The van der Waals surface area contributed by atoms with Crippen LogP contribution in [0.3, 0.4) is 0 Å². The number of piperazine rings is 1. The Kier molecular flexibility index (Phi) is 4.69. The van der Waals surface area contributed by atoms with E-state index in [4.69, 9.17) is 4.74 Å². The van der Waals surface area contributed by atoms with Crippen molar-refractivity contribution in [2.45, 2.75) is 58.5 Å². The quantitative estimate of drug-likeness (QED) is 0.729. The van der Waals surface area contributed by atoms with Crippen LogP contribution in [0.15, 0.2) is 30.3 Å². The molecule has 1 saturated carbocycles. The molecule has 4 heteroatoms. The first-order chi connectivity index (χ1) is 12.9. The summed E-state index contributed by atoms with van der Waals surface area (Å²) in [6.07, 6.45) is 8.94. The van der Waals surface area contributed by atoms with Crippen LogP contribution in [-0.4, -0.2) is 42.8 Å². The van der Waals surface area contributed by atoms with Gasteiger partial charge in [-0.1, -0.05) is 24.3 Å². The van der Waals surface area contributed by atoms with Crippen molar-refractivity contribution in [2.75, 3.05) is 31.1 Å². The van der Waals surface area contributed by atoms with Crippen molar-refractivity contribution >= 4 is 17.4 Å². The van der Waals surface area contributed by atoms with Crippen LogP contribution in [0.5, 0.6) is 0 Å². The van der Waals surface area contributed by atoms with Crippen LogP contribution < -0.4 is 4.90 Å². The van der Waals surface area contributed by atoms with Crippen LogP contribution in [0.1, 0.15) is 58.4 Å².